The van der Waals surface area contributed by atoms with Crippen LogP contribution in [-0.4, -0.2) is 41.0 Å². The summed E-state index contributed by atoms with van der Waals surface area (Å²) in [6, 6.07) is 10.4. The van der Waals surface area contributed by atoms with E-state index in [2.05, 4.69) is 58.7 Å². The quantitative estimate of drug-likeness (QED) is 0.582. The number of aromatic nitrogens is 2. The fourth-order valence-corrected chi connectivity index (χ4v) is 4.98. The molecule has 1 amide bonds. The highest BCUT2D eigenvalue weighted by Crippen LogP contribution is 2.32. The van der Waals surface area contributed by atoms with E-state index in [1.54, 1.807) is 17.7 Å². The Labute approximate surface area is 175 Å². The lowest BCUT2D eigenvalue weighted by molar-refractivity contribution is -0.901. The van der Waals surface area contributed by atoms with Crippen molar-refractivity contribution in [2.24, 2.45) is 0 Å². The van der Waals surface area contributed by atoms with Crippen molar-refractivity contribution >= 4 is 33.3 Å². The second-order valence-electron chi connectivity index (χ2n) is 7.91. The molecule has 0 bridgehead atoms. The largest absolute Gasteiger partial charge is 0.358 e. The zero-order valence-electron chi connectivity index (χ0n) is 17.2. The van der Waals surface area contributed by atoms with Gasteiger partial charge in [0, 0.05) is 16.9 Å². The summed E-state index contributed by atoms with van der Waals surface area (Å²) in [4.78, 5) is 25.2. The van der Waals surface area contributed by atoms with Crippen LogP contribution in [0.3, 0.4) is 0 Å². The van der Waals surface area contributed by atoms with Crippen molar-refractivity contribution in [3.8, 4) is 0 Å². The molecule has 152 valence electrons. The van der Waals surface area contributed by atoms with Crippen molar-refractivity contribution < 1.29 is 9.69 Å². The summed E-state index contributed by atoms with van der Waals surface area (Å²) in [5.41, 5.74) is 2.52. The summed E-state index contributed by atoms with van der Waals surface area (Å²) in [5, 5.41) is 7.54. The first kappa shape index (κ1) is 19.8. The summed E-state index contributed by atoms with van der Waals surface area (Å²) >= 11 is 1.66. The topological polar surface area (TPSA) is 71.3 Å². The summed E-state index contributed by atoms with van der Waals surface area (Å²) in [6.45, 7) is 9.12. The van der Waals surface area contributed by atoms with E-state index in [0.717, 1.165) is 42.1 Å². The second kappa shape index (κ2) is 8.47. The second-order valence-corrected chi connectivity index (χ2v) is 9.12. The van der Waals surface area contributed by atoms with Crippen LogP contribution in [0.1, 0.15) is 29.3 Å². The molecule has 3 heterocycles. The maximum atomic E-state index is 12.8. The summed E-state index contributed by atoms with van der Waals surface area (Å²) < 4.78 is 0. The molecule has 3 N–H and O–H groups in total. The summed E-state index contributed by atoms with van der Waals surface area (Å²) in [6.07, 6.45) is 2.58. The van der Waals surface area contributed by atoms with E-state index in [9.17, 15) is 4.79 Å². The number of nitrogens with one attached hydrogen (secondary N) is 3. The molecule has 4 rings (SSSR count). The van der Waals surface area contributed by atoms with Gasteiger partial charge in [-0.05, 0) is 26.3 Å². The van der Waals surface area contributed by atoms with E-state index < -0.39 is 0 Å². The monoisotopic (exact) mass is 410 g/mol. The Bertz CT molecular complexity index is 1000. The van der Waals surface area contributed by atoms with E-state index in [1.165, 1.54) is 20.9 Å². The number of nitrogens with zero attached hydrogens (tertiary/aromatic N) is 2. The minimum Gasteiger partial charge on any atom is -0.358 e. The fraction of sp³-hybridized carbons (Fsp3) is 0.409. The van der Waals surface area contributed by atoms with Gasteiger partial charge in [0.25, 0.3) is 0 Å². The van der Waals surface area contributed by atoms with E-state index in [-0.39, 0.29) is 18.0 Å². The van der Waals surface area contributed by atoms with Gasteiger partial charge >= 0.3 is 0 Å². The van der Waals surface area contributed by atoms with Crippen LogP contribution < -0.4 is 15.5 Å². The molecule has 3 aromatic rings. The third kappa shape index (κ3) is 4.41. The smallest absolute Gasteiger partial charge is 0.242 e. The van der Waals surface area contributed by atoms with Crippen LogP contribution in [0.2, 0.25) is 0 Å². The van der Waals surface area contributed by atoms with Gasteiger partial charge < -0.3 is 15.5 Å². The van der Waals surface area contributed by atoms with Crippen molar-refractivity contribution in [1.82, 2.24) is 15.3 Å². The molecule has 0 spiro atoms. The zero-order chi connectivity index (χ0) is 20.4. The predicted molar refractivity (Wildman–Crippen MR) is 117 cm³/mol. The molecule has 1 saturated heterocycles. The SMILES string of the molecule is Cc1sc2ncnc(N[C@@H](C)C(=O)N[C@H]3CC[NH+](Cc4ccccc4)C3)c2c1C. The molecular formula is C22H28N5OS+. The maximum absolute atomic E-state index is 12.8. The zero-order valence-corrected chi connectivity index (χ0v) is 18.0. The van der Waals surface area contributed by atoms with Gasteiger partial charge in [-0.15, -0.1) is 11.3 Å². The van der Waals surface area contributed by atoms with E-state index in [4.69, 9.17) is 0 Å². The molecule has 6 nitrogen and oxygen atoms in total. The first-order valence-corrected chi connectivity index (χ1v) is 11.0. The number of anilines is 1. The number of benzene rings is 1. The van der Waals surface area contributed by atoms with Crippen LogP contribution in [0.25, 0.3) is 10.2 Å². The number of likely N-dealkylation sites (tertiary alicyclic amines) is 1. The Hall–Kier alpha value is -2.51. The lowest BCUT2D eigenvalue weighted by Gasteiger charge is -2.18. The Morgan fingerprint density at radius 1 is 1.28 bits per heavy atom. The molecule has 29 heavy (non-hydrogen) atoms. The highest BCUT2D eigenvalue weighted by Gasteiger charge is 2.29. The first-order chi connectivity index (χ1) is 14.0. The number of amides is 1. The average Bonchev–Trinajstić information content (AvgIpc) is 3.27. The number of hydrogen-bond donors (Lipinski definition) is 3. The van der Waals surface area contributed by atoms with Crippen LogP contribution in [0.5, 0.6) is 0 Å². The van der Waals surface area contributed by atoms with Crippen LogP contribution in [0.15, 0.2) is 36.7 Å². The lowest BCUT2D eigenvalue weighted by Crippen LogP contribution is -3.09. The predicted octanol–water partition coefficient (Wildman–Crippen LogP) is 2.08. The van der Waals surface area contributed by atoms with Gasteiger partial charge in [-0.25, -0.2) is 9.97 Å². The normalized spacial score (nSPS) is 20.0. The minimum absolute atomic E-state index is 0.0207. The van der Waals surface area contributed by atoms with E-state index in [0.29, 0.717) is 0 Å². The number of hydrogen-bond acceptors (Lipinski definition) is 5. The summed E-state index contributed by atoms with van der Waals surface area (Å²) in [5.74, 6) is 0.759. The van der Waals surface area contributed by atoms with Gasteiger partial charge in [0.1, 0.15) is 29.6 Å². The highest BCUT2D eigenvalue weighted by atomic mass is 32.1. The molecule has 1 fully saturated rings. The molecule has 2 aromatic heterocycles. The molecule has 1 aromatic carbocycles. The lowest BCUT2D eigenvalue weighted by atomic mass is 10.2. The van der Waals surface area contributed by atoms with Gasteiger partial charge in [-0.1, -0.05) is 30.3 Å². The fourth-order valence-electron chi connectivity index (χ4n) is 3.99. The van der Waals surface area contributed by atoms with Crippen LogP contribution in [0.4, 0.5) is 5.82 Å². The molecule has 0 aliphatic carbocycles. The van der Waals surface area contributed by atoms with Crippen molar-refractivity contribution in [2.75, 3.05) is 18.4 Å². The molecule has 1 aliphatic heterocycles. The van der Waals surface area contributed by atoms with Gasteiger partial charge in [0.15, 0.2) is 0 Å². The number of thiophene rings is 1. The maximum Gasteiger partial charge on any atom is 0.242 e. The number of carbonyl (C=O) groups excluding carboxylic acids is 1. The van der Waals surface area contributed by atoms with Gasteiger partial charge in [0.05, 0.1) is 24.5 Å². The highest BCUT2D eigenvalue weighted by molar-refractivity contribution is 7.18. The standard InChI is InChI=1S/C22H27N5OS/c1-14-16(3)29-22-19(14)20(23-13-24-22)25-15(2)21(28)26-18-9-10-27(12-18)11-17-7-5-4-6-8-17/h4-8,13,15,18H,9-12H2,1-3H3,(H,26,28)(H,23,24,25)/p+1/t15-,18-/m0/s1. The number of aryl methyl sites for hydroxylation is 2. The van der Waals surface area contributed by atoms with Crippen LogP contribution in [0, 0.1) is 13.8 Å². The molecule has 1 aliphatic rings. The Balaban J connectivity index is 1.35. The first-order valence-electron chi connectivity index (χ1n) is 10.2. The van der Waals surface area contributed by atoms with Crippen molar-refractivity contribution in [2.45, 2.75) is 45.8 Å². The van der Waals surface area contributed by atoms with Crippen molar-refractivity contribution in [3.63, 3.8) is 0 Å². The molecule has 0 saturated carbocycles. The molecule has 0 radical (unpaired) electrons. The van der Waals surface area contributed by atoms with Crippen molar-refractivity contribution in [3.05, 3.63) is 52.7 Å². The molecule has 3 atom stereocenters. The van der Waals surface area contributed by atoms with Gasteiger partial charge in [-0.2, -0.15) is 0 Å². The van der Waals surface area contributed by atoms with Crippen molar-refractivity contribution in [1.29, 1.82) is 0 Å². The van der Waals surface area contributed by atoms with Gasteiger partial charge in [-0.3, -0.25) is 4.79 Å². The number of carbonyl (C=O) groups is 1. The van der Waals surface area contributed by atoms with E-state index >= 15 is 0 Å². The molecular weight excluding hydrogens is 382 g/mol. The Kier molecular flexibility index (Phi) is 5.78. The molecule has 7 heteroatoms. The Morgan fingerprint density at radius 2 is 2.07 bits per heavy atom. The Morgan fingerprint density at radius 3 is 2.86 bits per heavy atom. The van der Waals surface area contributed by atoms with Crippen LogP contribution in [-0.2, 0) is 11.3 Å². The third-order valence-corrected chi connectivity index (χ3v) is 6.85. The molecule has 1 unspecified atom stereocenters. The summed E-state index contributed by atoms with van der Waals surface area (Å²) in [7, 11) is 0. The minimum atomic E-state index is -0.356. The average molecular weight is 411 g/mol. The number of rotatable bonds is 6. The van der Waals surface area contributed by atoms with E-state index in [1.807, 2.05) is 13.0 Å². The van der Waals surface area contributed by atoms with Crippen LogP contribution >= 0.6 is 11.3 Å². The third-order valence-electron chi connectivity index (χ3n) is 5.74. The number of fused-ring (bicyclic) bond motifs is 1. The van der Waals surface area contributed by atoms with Gasteiger partial charge in [0.2, 0.25) is 5.91 Å². The number of quaternary nitrogens is 1.